The van der Waals surface area contributed by atoms with E-state index >= 15 is 0 Å². The molecule has 0 radical (unpaired) electrons. The lowest BCUT2D eigenvalue weighted by Gasteiger charge is -2.31. The summed E-state index contributed by atoms with van der Waals surface area (Å²) in [6.07, 6.45) is 5.62. The van der Waals surface area contributed by atoms with E-state index in [4.69, 9.17) is 0 Å². The third-order valence-corrected chi connectivity index (χ3v) is 2.79. The summed E-state index contributed by atoms with van der Waals surface area (Å²) in [6, 6.07) is 0. The van der Waals surface area contributed by atoms with E-state index in [1.807, 2.05) is 7.05 Å². The summed E-state index contributed by atoms with van der Waals surface area (Å²) in [5.74, 6) is 1.02. The van der Waals surface area contributed by atoms with E-state index in [0.29, 0.717) is 0 Å². The highest BCUT2D eigenvalue weighted by molar-refractivity contribution is 4.70. The average molecular weight is 170 g/mol. The molecule has 1 N–H and O–H groups in total. The molecule has 2 heteroatoms. The predicted octanol–water partition coefficient (Wildman–Crippen LogP) is 1.68. The second kappa shape index (κ2) is 5.55. The van der Waals surface area contributed by atoms with Gasteiger partial charge in [-0.05, 0) is 38.9 Å². The molecule has 0 aromatic heterocycles. The van der Waals surface area contributed by atoms with Crippen LogP contribution >= 0.6 is 0 Å². The topological polar surface area (TPSA) is 15.3 Å². The van der Waals surface area contributed by atoms with Crippen molar-refractivity contribution in [2.24, 2.45) is 5.92 Å². The first-order chi connectivity index (χ1) is 5.86. The molecule has 0 spiro atoms. The molecule has 1 rings (SSSR count). The zero-order valence-electron chi connectivity index (χ0n) is 8.47. The smallest absolute Gasteiger partial charge is 0.0477 e. The van der Waals surface area contributed by atoms with Gasteiger partial charge < -0.3 is 5.32 Å². The van der Waals surface area contributed by atoms with Gasteiger partial charge in [0.2, 0.25) is 0 Å². The summed E-state index contributed by atoms with van der Waals surface area (Å²) >= 11 is 0. The monoisotopic (exact) mass is 170 g/mol. The minimum atomic E-state index is 1.02. The molecule has 0 aromatic carbocycles. The van der Waals surface area contributed by atoms with Crippen LogP contribution in [0.4, 0.5) is 0 Å². The fourth-order valence-electron chi connectivity index (χ4n) is 2.07. The first-order valence-corrected chi connectivity index (χ1v) is 5.23. The highest BCUT2D eigenvalue weighted by Gasteiger charge is 2.17. The molecular formula is C10H22N2. The van der Waals surface area contributed by atoms with Crippen molar-refractivity contribution in [1.29, 1.82) is 0 Å². The van der Waals surface area contributed by atoms with Crippen LogP contribution in [0, 0.1) is 5.92 Å². The van der Waals surface area contributed by atoms with Gasteiger partial charge in [0.15, 0.2) is 0 Å². The number of piperidine rings is 1. The second-order valence-corrected chi connectivity index (χ2v) is 3.86. The fourth-order valence-corrected chi connectivity index (χ4v) is 2.07. The molecule has 1 aliphatic rings. The number of nitrogens with zero attached hydrogens (tertiary/aromatic N) is 1. The first-order valence-electron chi connectivity index (χ1n) is 5.23. The Kier molecular flexibility index (Phi) is 4.62. The van der Waals surface area contributed by atoms with Crippen LogP contribution in [0.1, 0.15) is 32.6 Å². The Balaban J connectivity index is 2.11. The molecule has 2 nitrogen and oxygen atoms in total. The Morgan fingerprint density at radius 2 is 2.00 bits per heavy atom. The van der Waals surface area contributed by atoms with Crippen LogP contribution < -0.4 is 5.32 Å². The number of rotatable bonds is 4. The maximum absolute atomic E-state index is 3.21. The van der Waals surface area contributed by atoms with Crippen molar-refractivity contribution in [2.75, 3.05) is 26.8 Å². The molecule has 1 fully saturated rings. The van der Waals surface area contributed by atoms with Gasteiger partial charge in [-0.3, -0.25) is 4.90 Å². The molecule has 0 unspecified atom stereocenters. The quantitative estimate of drug-likeness (QED) is 0.690. The summed E-state index contributed by atoms with van der Waals surface area (Å²) in [5, 5.41) is 3.21. The molecule has 0 bridgehead atoms. The molecule has 1 heterocycles. The van der Waals surface area contributed by atoms with Gasteiger partial charge in [0, 0.05) is 6.67 Å². The first kappa shape index (κ1) is 10.0. The van der Waals surface area contributed by atoms with E-state index in [1.165, 1.54) is 38.8 Å². The molecule has 0 amide bonds. The average Bonchev–Trinajstić information content (AvgIpc) is 2.09. The predicted molar refractivity (Wildman–Crippen MR) is 53.1 cm³/mol. The highest BCUT2D eigenvalue weighted by Crippen LogP contribution is 2.20. The van der Waals surface area contributed by atoms with E-state index in [-0.39, 0.29) is 0 Å². The second-order valence-electron chi connectivity index (χ2n) is 3.86. The summed E-state index contributed by atoms with van der Waals surface area (Å²) in [5.41, 5.74) is 0. The molecule has 0 atom stereocenters. The van der Waals surface area contributed by atoms with Crippen molar-refractivity contribution in [1.82, 2.24) is 10.2 Å². The van der Waals surface area contributed by atoms with Gasteiger partial charge in [0.05, 0.1) is 0 Å². The number of hydrogen-bond donors (Lipinski definition) is 1. The highest BCUT2D eigenvalue weighted by atomic mass is 15.2. The van der Waals surface area contributed by atoms with Crippen molar-refractivity contribution >= 4 is 0 Å². The normalized spacial score (nSPS) is 21.5. The van der Waals surface area contributed by atoms with E-state index in [2.05, 4.69) is 17.1 Å². The van der Waals surface area contributed by atoms with Gasteiger partial charge in [-0.15, -0.1) is 0 Å². The largest absolute Gasteiger partial charge is 0.307 e. The van der Waals surface area contributed by atoms with E-state index < -0.39 is 0 Å². The Morgan fingerprint density at radius 1 is 1.33 bits per heavy atom. The van der Waals surface area contributed by atoms with Crippen LogP contribution in [0.2, 0.25) is 0 Å². The SMILES string of the molecule is CCCC1CCN(CNC)CC1. The third-order valence-electron chi connectivity index (χ3n) is 2.79. The molecule has 0 saturated carbocycles. The lowest BCUT2D eigenvalue weighted by atomic mass is 9.93. The van der Waals surface area contributed by atoms with Gasteiger partial charge in [-0.1, -0.05) is 19.8 Å². The summed E-state index contributed by atoms with van der Waals surface area (Å²) in [6.45, 7) is 5.95. The van der Waals surface area contributed by atoms with Gasteiger partial charge >= 0.3 is 0 Å². The van der Waals surface area contributed by atoms with Crippen LogP contribution in [0.15, 0.2) is 0 Å². The van der Waals surface area contributed by atoms with Crippen LogP contribution in [0.5, 0.6) is 0 Å². The molecule has 12 heavy (non-hydrogen) atoms. The number of nitrogens with one attached hydrogen (secondary N) is 1. The lowest BCUT2D eigenvalue weighted by Crippen LogP contribution is -2.38. The Bertz CT molecular complexity index is 92.4. The van der Waals surface area contributed by atoms with Crippen molar-refractivity contribution in [3.8, 4) is 0 Å². The minimum Gasteiger partial charge on any atom is -0.307 e. The maximum Gasteiger partial charge on any atom is 0.0477 e. The Morgan fingerprint density at radius 3 is 2.50 bits per heavy atom. The molecular weight excluding hydrogens is 148 g/mol. The molecule has 1 saturated heterocycles. The van der Waals surface area contributed by atoms with Crippen LogP contribution in [-0.4, -0.2) is 31.7 Å². The van der Waals surface area contributed by atoms with E-state index in [1.54, 1.807) is 0 Å². The van der Waals surface area contributed by atoms with E-state index in [9.17, 15) is 0 Å². The molecule has 0 aromatic rings. The van der Waals surface area contributed by atoms with Crippen LogP contribution in [-0.2, 0) is 0 Å². The van der Waals surface area contributed by atoms with Crippen LogP contribution in [0.3, 0.4) is 0 Å². The molecule has 1 aliphatic heterocycles. The van der Waals surface area contributed by atoms with Gasteiger partial charge in [-0.2, -0.15) is 0 Å². The van der Waals surface area contributed by atoms with Gasteiger partial charge in [0.25, 0.3) is 0 Å². The Labute approximate surface area is 76.3 Å². The van der Waals surface area contributed by atoms with Crippen molar-refractivity contribution in [3.63, 3.8) is 0 Å². The van der Waals surface area contributed by atoms with Crippen LogP contribution in [0.25, 0.3) is 0 Å². The zero-order valence-corrected chi connectivity index (χ0v) is 8.47. The minimum absolute atomic E-state index is 1.02. The summed E-state index contributed by atoms with van der Waals surface area (Å²) in [4.78, 5) is 2.51. The van der Waals surface area contributed by atoms with Crippen molar-refractivity contribution in [3.05, 3.63) is 0 Å². The number of hydrogen-bond acceptors (Lipinski definition) is 2. The summed E-state index contributed by atoms with van der Waals surface area (Å²) in [7, 11) is 2.03. The van der Waals surface area contributed by atoms with Gasteiger partial charge in [-0.25, -0.2) is 0 Å². The van der Waals surface area contributed by atoms with E-state index in [0.717, 1.165) is 12.6 Å². The zero-order chi connectivity index (χ0) is 8.81. The number of likely N-dealkylation sites (tertiary alicyclic amines) is 1. The summed E-state index contributed by atoms with van der Waals surface area (Å²) < 4.78 is 0. The van der Waals surface area contributed by atoms with Crippen molar-refractivity contribution < 1.29 is 0 Å². The fraction of sp³-hybridized carbons (Fsp3) is 1.00. The van der Waals surface area contributed by atoms with Gasteiger partial charge in [0.1, 0.15) is 0 Å². The van der Waals surface area contributed by atoms with Crippen molar-refractivity contribution in [2.45, 2.75) is 32.6 Å². The molecule has 0 aliphatic carbocycles. The molecule has 72 valence electrons. The standard InChI is InChI=1S/C10H22N2/c1-3-4-10-5-7-12(8-6-10)9-11-2/h10-11H,3-9H2,1-2H3. The Hall–Kier alpha value is -0.0800. The third kappa shape index (κ3) is 3.11. The lowest BCUT2D eigenvalue weighted by molar-refractivity contribution is 0.171. The maximum atomic E-state index is 3.21.